The van der Waals surface area contributed by atoms with Crippen molar-refractivity contribution in [2.75, 3.05) is 16.8 Å². The largest absolute Gasteiger partial charge is 0.478 e. The molecule has 1 aromatic heterocycles. The van der Waals surface area contributed by atoms with Crippen molar-refractivity contribution in [3.8, 4) is 0 Å². The summed E-state index contributed by atoms with van der Waals surface area (Å²) in [5, 5.41) is 13.0. The molecule has 0 aliphatic heterocycles. The number of aryl methyl sites for hydroxylation is 1. The summed E-state index contributed by atoms with van der Waals surface area (Å²) in [6.07, 6.45) is 0. The highest BCUT2D eigenvalue weighted by Crippen LogP contribution is 2.26. The van der Waals surface area contributed by atoms with E-state index in [4.69, 9.17) is 16.6 Å². The number of rotatable bonds is 4. The van der Waals surface area contributed by atoms with Crippen LogP contribution >= 0.6 is 0 Å². The van der Waals surface area contributed by atoms with Gasteiger partial charge in [0.1, 0.15) is 5.82 Å². The molecule has 2 aromatic carbocycles. The van der Waals surface area contributed by atoms with Crippen LogP contribution in [0.15, 0.2) is 36.4 Å². The predicted molar refractivity (Wildman–Crippen MR) is 93.8 cm³/mol. The Hall–Kier alpha value is -3.35. The molecule has 24 heavy (non-hydrogen) atoms. The van der Waals surface area contributed by atoms with Crippen LogP contribution < -0.4 is 16.8 Å². The maximum absolute atomic E-state index is 10.9. The number of nitrogen functional groups attached to an aromatic ring is 2. The molecule has 0 aliphatic carbocycles. The lowest BCUT2D eigenvalue weighted by molar-refractivity contribution is 0.0697. The third-order valence-electron chi connectivity index (χ3n) is 3.90. The Morgan fingerprint density at radius 3 is 2.50 bits per heavy atom. The van der Waals surface area contributed by atoms with Gasteiger partial charge in [-0.2, -0.15) is 4.98 Å². The third kappa shape index (κ3) is 2.91. The van der Waals surface area contributed by atoms with Gasteiger partial charge in [-0.25, -0.2) is 9.78 Å². The first kappa shape index (κ1) is 15.5. The maximum Gasteiger partial charge on any atom is 0.335 e. The van der Waals surface area contributed by atoms with Gasteiger partial charge in [-0.3, -0.25) is 0 Å². The van der Waals surface area contributed by atoms with Crippen LogP contribution in [-0.4, -0.2) is 21.0 Å². The summed E-state index contributed by atoms with van der Waals surface area (Å²) >= 11 is 0. The van der Waals surface area contributed by atoms with Crippen LogP contribution in [0.2, 0.25) is 0 Å². The van der Waals surface area contributed by atoms with Gasteiger partial charge >= 0.3 is 5.97 Å². The van der Waals surface area contributed by atoms with E-state index >= 15 is 0 Å². The number of carboxylic acids is 1. The molecule has 0 bridgehead atoms. The Morgan fingerprint density at radius 1 is 1.12 bits per heavy atom. The van der Waals surface area contributed by atoms with Gasteiger partial charge in [-0.05, 0) is 48.4 Å². The van der Waals surface area contributed by atoms with Crippen LogP contribution in [0.25, 0.3) is 10.9 Å². The number of nitrogens with zero attached hydrogens (tertiary/aromatic N) is 2. The number of benzene rings is 2. The van der Waals surface area contributed by atoms with Crippen molar-refractivity contribution in [2.45, 2.75) is 13.5 Å². The Bertz CT molecular complexity index is 922. The number of aromatic carboxylic acids is 1. The molecule has 0 spiro atoms. The van der Waals surface area contributed by atoms with Crippen molar-refractivity contribution >= 4 is 34.3 Å². The van der Waals surface area contributed by atoms with Gasteiger partial charge < -0.3 is 21.9 Å². The van der Waals surface area contributed by atoms with Gasteiger partial charge in [0, 0.05) is 17.6 Å². The van der Waals surface area contributed by atoms with E-state index in [1.807, 2.05) is 19.1 Å². The highest BCUT2D eigenvalue weighted by atomic mass is 16.4. The normalized spacial score (nSPS) is 10.7. The van der Waals surface area contributed by atoms with E-state index in [1.165, 1.54) is 0 Å². The topological polar surface area (TPSA) is 127 Å². The molecular weight excluding hydrogens is 306 g/mol. The average molecular weight is 323 g/mol. The van der Waals surface area contributed by atoms with E-state index in [0.717, 1.165) is 22.2 Å². The molecule has 0 aliphatic rings. The van der Waals surface area contributed by atoms with Crippen molar-refractivity contribution < 1.29 is 9.90 Å². The number of aromatic nitrogens is 2. The fraction of sp³-hybridized carbons (Fsp3) is 0.118. The number of hydrogen-bond donors (Lipinski definition) is 4. The smallest absolute Gasteiger partial charge is 0.335 e. The van der Waals surface area contributed by atoms with E-state index in [9.17, 15) is 4.79 Å². The maximum atomic E-state index is 10.9. The van der Waals surface area contributed by atoms with Crippen LogP contribution in [0.1, 0.15) is 21.5 Å². The van der Waals surface area contributed by atoms with E-state index in [-0.39, 0.29) is 11.5 Å². The first-order valence-corrected chi connectivity index (χ1v) is 7.34. The van der Waals surface area contributed by atoms with E-state index in [1.54, 1.807) is 24.3 Å². The second-order valence-corrected chi connectivity index (χ2v) is 5.45. The Labute approximate surface area is 138 Å². The molecular formula is C17H17N5O2. The standard InChI is InChI=1S/C17H17N5O2/c1-9-11(4-7-13-14(9)15(18)22-17(19)21-13)8-20-12-5-2-10(3-6-12)16(23)24/h2-7,20H,8H2,1H3,(H,23,24)(H4,18,19,21,22). The highest BCUT2D eigenvalue weighted by molar-refractivity contribution is 5.92. The zero-order chi connectivity index (χ0) is 17.3. The van der Waals surface area contributed by atoms with Gasteiger partial charge in [0.2, 0.25) is 5.95 Å². The monoisotopic (exact) mass is 323 g/mol. The predicted octanol–water partition coefficient (Wildman–Crippen LogP) is 2.41. The quantitative estimate of drug-likeness (QED) is 0.580. The van der Waals surface area contributed by atoms with E-state index in [0.29, 0.717) is 17.9 Å². The summed E-state index contributed by atoms with van der Waals surface area (Å²) in [5.41, 5.74) is 15.4. The molecule has 0 fully saturated rings. The first-order valence-electron chi connectivity index (χ1n) is 7.34. The summed E-state index contributed by atoms with van der Waals surface area (Å²) in [6.45, 7) is 2.53. The molecule has 7 nitrogen and oxygen atoms in total. The zero-order valence-corrected chi connectivity index (χ0v) is 13.1. The van der Waals surface area contributed by atoms with E-state index < -0.39 is 5.97 Å². The van der Waals surface area contributed by atoms with Gasteiger partial charge in [0.15, 0.2) is 0 Å². The SMILES string of the molecule is Cc1c(CNc2ccc(C(=O)O)cc2)ccc2nc(N)nc(N)c12. The van der Waals surface area contributed by atoms with Crippen molar-refractivity contribution in [1.29, 1.82) is 0 Å². The van der Waals surface area contributed by atoms with Gasteiger partial charge in [0.25, 0.3) is 0 Å². The molecule has 3 rings (SSSR count). The van der Waals surface area contributed by atoms with Crippen LogP contribution in [0.5, 0.6) is 0 Å². The number of fused-ring (bicyclic) bond motifs is 1. The molecule has 0 unspecified atom stereocenters. The zero-order valence-electron chi connectivity index (χ0n) is 13.1. The van der Waals surface area contributed by atoms with Gasteiger partial charge in [0.05, 0.1) is 11.1 Å². The molecule has 122 valence electrons. The van der Waals surface area contributed by atoms with Crippen molar-refractivity contribution in [3.05, 3.63) is 53.1 Å². The molecule has 0 saturated carbocycles. The molecule has 0 amide bonds. The summed E-state index contributed by atoms with van der Waals surface area (Å²) < 4.78 is 0. The lowest BCUT2D eigenvalue weighted by Gasteiger charge is -2.12. The first-order chi connectivity index (χ1) is 11.5. The van der Waals surface area contributed by atoms with Gasteiger partial charge in [-0.15, -0.1) is 0 Å². The third-order valence-corrected chi connectivity index (χ3v) is 3.90. The second kappa shape index (κ2) is 6.04. The fourth-order valence-corrected chi connectivity index (χ4v) is 2.60. The lowest BCUT2D eigenvalue weighted by atomic mass is 10.0. The Morgan fingerprint density at radius 2 is 1.83 bits per heavy atom. The minimum absolute atomic E-state index is 0.156. The Balaban J connectivity index is 1.85. The number of nitrogens with one attached hydrogen (secondary N) is 1. The summed E-state index contributed by atoms with van der Waals surface area (Å²) in [4.78, 5) is 19.1. The second-order valence-electron chi connectivity index (χ2n) is 5.45. The highest BCUT2D eigenvalue weighted by Gasteiger charge is 2.10. The molecule has 7 heteroatoms. The summed E-state index contributed by atoms with van der Waals surface area (Å²) in [5.74, 6) is -0.423. The minimum Gasteiger partial charge on any atom is -0.478 e. The van der Waals surface area contributed by atoms with Crippen molar-refractivity contribution in [1.82, 2.24) is 9.97 Å². The van der Waals surface area contributed by atoms with Crippen LogP contribution in [0.4, 0.5) is 17.5 Å². The summed E-state index contributed by atoms with van der Waals surface area (Å²) in [6, 6.07) is 10.4. The van der Waals surface area contributed by atoms with Crippen molar-refractivity contribution in [3.63, 3.8) is 0 Å². The number of carboxylic acid groups (broad SMARTS) is 1. The molecule has 0 atom stereocenters. The minimum atomic E-state index is -0.943. The number of carbonyl (C=O) groups is 1. The average Bonchev–Trinajstić information content (AvgIpc) is 2.54. The van der Waals surface area contributed by atoms with Crippen molar-refractivity contribution in [2.24, 2.45) is 0 Å². The molecule has 0 saturated heterocycles. The van der Waals surface area contributed by atoms with Gasteiger partial charge in [-0.1, -0.05) is 6.07 Å². The van der Waals surface area contributed by atoms with Crippen LogP contribution in [-0.2, 0) is 6.54 Å². The number of nitrogens with two attached hydrogens (primary N) is 2. The number of hydrogen-bond acceptors (Lipinski definition) is 6. The molecule has 6 N–H and O–H groups in total. The lowest BCUT2D eigenvalue weighted by Crippen LogP contribution is -2.05. The Kier molecular flexibility index (Phi) is 3.91. The summed E-state index contributed by atoms with van der Waals surface area (Å²) in [7, 11) is 0. The fourth-order valence-electron chi connectivity index (χ4n) is 2.60. The molecule has 3 aromatic rings. The molecule has 1 heterocycles. The van der Waals surface area contributed by atoms with Crippen LogP contribution in [0, 0.1) is 6.92 Å². The number of anilines is 3. The molecule has 0 radical (unpaired) electrons. The van der Waals surface area contributed by atoms with Crippen LogP contribution in [0.3, 0.4) is 0 Å². The van der Waals surface area contributed by atoms with E-state index in [2.05, 4.69) is 15.3 Å².